The molecule has 13 heteroatoms. The number of rotatable bonds is 41. The Labute approximate surface area is 381 Å². The topological polar surface area (TPSA) is 178 Å². The van der Waals surface area contributed by atoms with E-state index in [0.29, 0.717) is 13.0 Å². The maximum atomic E-state index is 12.9. The molecule has 0 aromatic rings. The Morgan fingerprint density at radius 3 is 1.60 bits per heavy atom. The first-order valence-corrected chi connectivity index (χ1v) is 25.6. The Kier molecular flexibility index (Phi) is 38.1. The fraction of sp³-hybridized carbons (Fsp3) is 0.740. The molecule has 0 bridgehead atoms. The highest BCUT2D eigenvalue weighted by Gasteiger charge is 2.48. The monoisotopic (exact) mass is 911 g/mol. The van der Waals surface area contributed by atoms with Crippen LogP contribution in [0.25, 0.3) is 0 Å². The van der Waals surface area contributed by atoms with Crippen LogP contribution < -0.4 is 0 Å². The Hall–Kier alpha value is -2.46. The number of allylic oxidation sites excluding steroid dienone is 12. The lowest BCUT2D eigenvalue weighted by atomic mass is 9.99. The molecule has 4 N–H and O–H groups in total. The van der Waals surface area contributed by atoms with Gasteiger partial charge in [-0.25, -0.2) is 4.18 Å². The van der Waals surface area contributed by atoms with Crippen LogP contribution in [-0.4, -0.2) is 97.5 Å². The maximum Gasteiger partial charge on any atom is 0.397 e. The highest BCUT2D eigenvalue weighted by molar-refractivity contribution is 7.80. The molecular weight excluding hydrogens is 825 g/mol. The lowest BCUT2D eigenvalue weighted by Crippen LogP contribution is -2.60. The van der Waals surface area contributed by atoms with Crippen molar-refractivity contribution >= 4 is 16.4 Å². The van der Waals surface area contributed by atoms with Gasteiger partial charge in [0, 0.05) is 13.0 Å². The van der Waals surface area contributed by atoms with Gasteiger partial charge in [-0.1, -0.05) is 157 Å². The van der Waals surface area contributed by atoms with Crippen molar-refractivity contribution in [2.75, 3.05) is 26.4 Å². The summed E-state index contributed by atoms with van der Waals surface area (Å²) in [6.07, 6.45) is 43.5. The van der Waals surface area contributed by atoms with Crippen LogP contribution in [0, 0.1) is 0 Å². The van der Waals surface area contributed by atoms with Crippen molar-refractivity contribution in [2.24, 2.45) is 0 Å². The summed E-state index contributed by atoms with van der Waals surface area (Å²) in [6.45, 7) is 3.81. The van der Waals surface area contributed by atoms with Gasteiger partial charge in [0.2, 0.25) is 0 Å². The smallest absolute Gasteiger partial charge is 0.397 e. The van der Waals surface area contributed by atoms with Crippen molar-refractivity contribution in [1.29, 1.82) is 0 Å². The quantitative estimate of drug-likeness (QED) is 0.0198. The van der Waals surface area contributed by atoms with Crippen molar-refractivity contribution in [3.05, 3.63) is 72.9 Å². The third kappa shape index (κ3) is 34.5. The van der Waals surface area contributed by atoms with Gasteiger partial charge in [0.1, 0.15) is 30.5 Å². The fourth-order valence-corrected chi connectivity index (χ4v) is 7.44. The van der Waals surface area contributed by atoms with Crippen molar-refractivity contribution in [1.82, 2.24) is 0 Å². The SMILES string of the molecule is CC/C=C\C/C=C\C/C=C\C/C=C\CCCCCCCCC(=O)OC(COCCCCCCCC/C=C\C/C=C\CCCCCC)COC1OC(CO)C(O)C(OS(=O)(=O)O)C1O. The standard InChI is InChI=1S/C50H86O12S/c1-3-5-7-9-11-13-15-17-19-21-22-23-25-27-29-31-33-35-37-39-46(52)60-44(43-59-50-48(54)49(62-63(55,56)57)47(53)45(41-51)61-50)42-58-40-38-36-34-32-30-28-26-24-20-18-16-14-12-10-8-6-4-2/h5,7,11,13-14,16-17,19-20,22-24,44-45,47-51,53-54H,3-4,6,8-10,12,15,18,21,25-43H2,1-2H3,(H,55,56,57)/b7-5-,13-11-,16-14-,19-17-,23-22-,24-20-. The van der Waals surface area contributed by atoms with Gasteiger partial charge in [-0.15, -0.1) is 0 Å². The molecule has 1 fully saturated rings. The number of aliphatic hydroxyl groups is 3. The average molecular weight is 911 g/mol. The zero-order chi connectivity index (χ0) is 46.1. The first-order chi connectivity index (χ1) is 30.6. The van der Waals surface area contributed by atoms with Gasteiger partial charge in [-0.3, -0.25) is 9.35 Å². The van der Waals surface area contributed by atoms with Crippen molar-refractivity contribution in [2.45, 2.75) is 211 Å². The highest BCUT2D eigenvalue weighted by atomic mass is 32.3. The molecule has 1 saturated heterocycles. The van der Waals surface area contributed by atoms with E-state index < -0.39 is 59.8 Å². The molecule has 0 amide bonds. The summed E-state index contributed by atoms with van der Waals surface area (Å²) in [4.78, 5) is 12.9. The number of ether oxygens (including phenoxy) is 4. The molecule has 0 spiro atoms. The zero-order valence-corrected chi connectivity index (χ0v) is 39.7. The van der Waals surface area contributed by atoms with Crippen LogP contribution in [0.4, 0.5) is 0 Å². The van der Waals surface area contributed by atoms with E-state index in [2.05, 4.69) is 90.9 Å². The molecule has 0 aromatic carbocycles. The van der Waals surface area contributed by atoms with E-state index in [1.54, 1.807) is 0 Å². The van der Waals surface area contributed by atoms with Crippen molar-refractivity contribution in [3.8, 4) is 0 Å². The minimum absolute atomic E-state index is 0.0191. The molecule has 364 valence electrons. The largest absolute Gasteiger partial charge is 0.457 e. The first kappa shape index (κ1) is 58.6. The number of hydrogen-bond donors (Lipinski definition) is 4. The van der Waals surface area contributed by atoms with E-state index in [4.69, 9.17) is 18.9 Å². The summed E-state index contributed by atoms with van der Waals surface area (Å²) < 4.78 is 59.1. The third-order valence-corrected chi connectivity index (χ3v) is 11.0. The molecule has 1 rings (SSSR count). The lowest BCUT2D eigenvalue weighted by Gasteiger charge is -2.41. The summed E-state index contributed by atoms with van der Waals surface area (Å²) in [5.74, 6) is -0.419. The van der Waals surface area contributed by atoms with Gasteiger partial charge in [0.25, 0.3) is 0 Å². The summed E-state index contributed by atoms with van der Waals surface area (Å²) in [5.41, 5.74) is 0. The summed E-state index contributed by atoms with van der Waals surface area (Å²) >= 11 is 0. The molecule has 1 heterocycles. The minimum Gasteiger partial charge on any atom is -0.457 e. The number of aliphatic hydroxyl groups excluding tert-OH is 3. The molecule has 0 aromatic heterocycles. The molecule has 0 radical (unpaired) electrons. The number of hydrogen-bond acceptors (Lipinski definition) is 11. The van der Waals surface area contributed by atoms with Crippen LogP contribution in [0.5, 0.6) is 0 Å². The molecule has 6 unspecified atom stereocenters. The van der Waals surface area contributed by atoms with Crippen molar-refractivity contribution in [3.63, 3.8) is 0 Å². The van der Waals surface area contributed by atoms with E-state index in [1.807, 2.05) is 0 Å². The molecule has 0 aliphatic carbocycles. The van der Waals surface area contributed by atoms with Crippen molar-refractivity contribution < 1.29 is 56.2 Å². The second-order valence-electron chi connectivity index (χ2n) is 16.3. The van der Waals surface area contributed by atoms with E-state index in [-0.39, 0.29) is 19.6 Å². The first-order valence-electron chi connectivity index (χ1n) is 24.2. The second-order valence-corrected chi connectivity index (χ2v) is 17.4. The summed E-state index contributed by atoms with van der Waals surface area (Å²) in [6, 6.07) is 0. The van der Waals surface area contributed by atoms with Crippen LogP contribution in [-0.2, 0) is 38.3 Å². The summed E-state index contributed by atoms with van der Waals surface area (Å²) in [7, 11) is -5.07. The molecule has 6 atom stereocenters. The molecule has 63 heavy (non-hydrogen) atoms. The average Bonchev–Trinajstić information content (AvgIpc) is 3.26. The zero-order valence-electron chi connectivity index (χ0n) is 38.9. The van der Waals surface area contributed by atoms with E-state index in [0.717, 1.165) is 103 Å². The third-order valence-electron chi connectivity index (χ3n) is 10.6. The van der Waals surface area contributed by atoms with Crippen LogP contribution in [0.15, 0.2) is 72.9 Å². The van der Waals surface area contributed by atoms with Crippen LogP contribution in [0.1, 0.15) is 174 Å². The van der Waals surface area contributed by atoms with Crippen LogP contribution in [0.3, 0.4) is 0 Å². The predicted molar refractivity (Wildman–Crippen MR) is 252 cm³/mol. The molecular formula is C50H86O12S. The second kappa shape index (κ2) is 41.0. The van der Waals surface area contributed by atoms with Gasteiger partial charge >= 0.3 is 16.4 Å². The Morgan fingerprint density at radius 1 is 0.619 bits per heavy atom. The van der Waals surface area contributed by atoms with Gasteiger partial charge in [-0.05, 0) is 83.5 Å². The Morgan fingerprint density at radius 2 is 1.10 bits per heavy atom. The van der Waals surface area contributed by atoms with Gasteiger partial charge in [0.15, 0.2) is 6.29 Å². The van der Waals surface area contributed by atoms with Crippen LogP contribution in [0.2, 0.25) is 0 Å². The number of carbonyl (C=O) groups is 1. The van der Waals surface area contributed by atoms with Crippen LogP contribution >= 0.6 is 0 Å². The molecule has 12 nitrogen and oxygen atoms in total. The normalized spacial score (nSPS) is 20.5. The summed E-state index contributed by atoms with van der Waals surface area (Å²) in [5, 5.41) is 30.7. The van der Waals surface area contributed by atoms with Gasteiger partial charge in [-0.2, -0.15) is 8.42 Å². The van der Waals surface area contributed by atoms with E-state index in [1.165, 1.54) is 44.9 Å². The minimum atomic E-state index is -5.07. The lowest BCUT2D eigenvalue weighted by molar-refractivity contribution is -0.301. The van der Waals surface area contributed by atoms with Gasteiger partial charge < -0.3 is 34.3 Å². The fourth-order valence-electron chi connectivity index (χ4n) is 6.93. The Bertz CT molecular complexity index is 1370. The number of carbonyl (C=O) groups excluding carboxylic acids is 1. The highest BCUT2D eigenvalue weighted by Crippen LogP contribution is 2.26. The molecule has 1 aliphatic heterocycles. The molecule has 1 aliphatic rings. The predicted octanol–water partition coefficient (Wildman–Crippen LogP) is 10.7. The van der Waals surface area contributed by atoms with Gasteiger partial charge in [0.05, 0.1) is 19.8 Å². The number of unbranched alkanes of at least 4 members (excludes halogenated alkanes) is 16. The Balaban J connectivity index is 2.42. The van der Waals surface area contributed by atoms with E-state index >= 15 is 0 Å². The maximum absolute atomic E-state index is 12.9. The number of esters is 1. The molecule has 0 saturated carbocycles. The van der Waals surface area contributed by atoms with E-state index in [9.17, 15) is 33.1 Å².